The van der Waals surface area contributed by atoms with Gasteiger partial charge in [-0.05, 0) is 26.7 Å². The third-order valence-electron chi connectivity index (χ3n) is 3.27. The van der Waals surface area contributed by atoms with Crippen molar-refractivity contribution in [2.24, 2.45) is 0 Å². The number of hydrogen-bond acceptors (Lipinski definition) is 4. The molecule has 3 nitrogen and oxygen atoms in total. The molecule has 4 heteroatoms. The molecule has 1 aromatic heterocycles. The van der Waals surface area contributed by atoms with Crippen molar-refractivity contribution in [3.8, 4) is 0 Å². The van der Waals surface area contributed by atoms with Gasteiger partial charge in [-0.25, -0.2) is 4.98 Å². The number of aryl methyl sites for hydroxylation is 1. The highest BCUT2D eigenvalue weighted by Gasteiger charge is 2.24. The molecule has 0 bridgehead atoms. The standard InChI is InChI=1S/C12H20N2OS/c1-8(11-7-16-9(2)14-11)13-10-5-3-4-6-12(10)15/h7-8,10,12-13,15H,3-6H2,1-2H3. The molecule has 0 aliphatic heterocycles. The van der Waals surface area contributed by atoms with Crippen molar-refractivity contribution in [3.05, 3.63) is 16.1 Å². The first-order valence-electron chi connectivity index (χ1n) is 6.03. The Hall–Kier alpha value is -0.450. The van der Waals surface area contributed by atoms with Crippen molar-refractivity contribution >= 4 is 11.3 Å². The van der Waals surface area contributed by atoms with E-state index in [4.69, 9.17) is 0 Å². The minimum absolute atomic E-state index is 0.184. The average molecular weight is 240 g/mol. The van der Waals surface area contributed by atoms with E-state index < -0.39 is 0 Å². The highest BCUT2D eigenvalue weighted by Crippen LogP contribution is 2.22. The van der Waals surface area contributed by atoms with Crippen molar-refractivity contribution in [2.45, 2.75) is 57.7 Å². The lowest BCUT2D eigenvalue weighted by Crippen LogP contribution is -2.43. The average Bonchev–Trinajstić information content (AvgIpc) is 2.68. The van der Waals surface area contributed by atoms with E-state index in [9.17, 15) is 5.11 Å². The largest absolute Gasteiger partial charge is 0.392 e. The van der Waals surface area contributed by atoms with E-state index >= 15 is 0 Å². The molecule has 1 aliphatic carbocycles. The molecule has 3 atom stereocenters. The van der Waals surface area contributed by atoms with E-state index in [2.05, 4.69) is 22.6 Å². The third-order valence-corrected chi connectivity index (χ3v) is 4.07. The summed E-state index contributed by atoms with van der Waals surface area (Å²) in [6.07, 6.45) is 4.20. The van der Waals surface area contributed by atoms with Crippen LogP contribution < -0.4 is 5.32 Å². The van der Waals surface area contributed by atoms with E-state index in [1.165, 1.54) is 6.42 Å². The third kappa shape index (κ3) is 2.81. The summed E-state index contributed by atoms with van der Waals surface area (Å²) in [7, 11) is 0. The van der Waals surface area contributed by atoms with Gasteiger partial charge in [0.25, 0.3) is 0 Å². The van der Waals surface area contributed by atoms with Gasteiger partial charge in [-0.2, -0.15) is 0 Å². The van der Waals surface area contributed by atoms with Crippen LogP contribution in [0.3, 0.4) is 0 Å². The number of rotatable bonds is 3. The molecule has 16 heavy (non-hydrogen) atoms. The fourth-order valence-electron chi connectivity index (χ4n) is 2.29. The van der Waals surface area contributed by atoms with Crippen LogP contribution in [-0.2, 0) is 0 Å². The predicted octanol–water partition coefficient (Wildman–Crippen LogP) is 2.41. The topological polar surface area (TPSA) is 45.2 Å². The summed E-state index contributed by atoms with van der Waals surface area (Å²) in [6, 6.07) is 0.480. The Morgan fingerprint density at radius 1 is 1.50 bits per heavy atom. The first-order chi connectivity index (χ1) is 7.66. The fourth-order valence-corrected chi connectivity index (χ4v) is 3.00. The van der Waals surface area contributed by atoms with Crippen LogP contribution in [0.15, 0.2) is 5.38 Å². The molecule has 1 heterocycles. The van der Waals surface area contributed by atoms with Gasteiger partial charge in [0.15, 0.2) is 0 Å². The Balaban J connectivity index is 1.93. The molecular formula is C12H20N2OS. The zero-order valence-electron chi connectivity index (χ0n) is 9.94. The van der Waals surface area contributed by atoms with Gasteiger partial charge in [-0.15, -0.1) is 11.3 Å². The summed E-state index contributed by atoms with van der Waals surface area (Å²) < 4.78 is 0. The van der Waals surface area contributed by atoms with E-state index in [-0.39, 0.29) is 18.2 Å². The Morgan fingerprint density at radius 2 is 2.25 bits per heavy atom. The molecule has 0 spiro atoms. The van der Waals surface area contributed by atoms with Crippen molar-refractivity contribution in [1.82, 2.24) is 10.3 Å². The van der Waals surface area contributed by atoms with Crippen molar-refractivity contribution in [1.29, 1.82) is 0 Å². The SMILES string of the molecule is Cc1nc(C(C)NC2CCCCC2O)cs1. The van der Waals surface area contributed by atoms with Gasteiger partial charge in [0.05, 0.1) is 16.8 Å². The van der Waals surface area contributed by atoms with E-state index in [1.807, 2.05) is 6.92 Å². The summed E-state index contributed by atoms with van der Waals surface area (Å²) in [6.45, 7) is 4.15. The van der Waals surface area contributed by atoms with Crippen LogP contribution in [-0.4, -0.2) is 22.2 Å². The number of aromatic nitrogens is 1. The minimum Gasteiger partial charge on any atom is -0.392 e. The molecule has 0 amide bonds. The van der Waals surface area contributed by atoms with E-state index in [0.29, 0.717) is 0 Å². The van der Waals surface area contributed by atoms with E-state index in [1.54, 1.807) is 11.3 Å². The second-order valence-corrected chi connectivity index (χ2v) is 5.70. The number of aliphatic hydroxyl groups is 1. The summed E-state index contributed by atoms with van der Waals surface area (Å²) in [5, 5.41) is 16.6. The second-order valence-electron chi connectivity index (χ2n) is 4.64. The van der Waals surface area contributed by atoms with E-state index in [0.717, 1.165) is 30.0 Å². The Morgan fingerprint density at radius 3 is 2.88 bits per heavy atom. The quantitative estimate of drug-likeness (QED) is 0.853. The summed E-state index contributed by atoms with van der Waals surface area (Å²) in [5.41, 5.74) is 1.10. The molecule has 2 N–H and O–H groups in total. The summed E-state index contributed by atoms with van der Waals surface area (Å²) in [5.74, 6) is 0. The van der Waals surface area contributed by atoms with Crippen LogP contribution in [0.5, 0.6) is 0 Å². The lowest BCUT2D eigenvalue weighted by atomic mass is 9.92. The van der Waals surface area contributed by atoms with Crippen molar-refractivity contribution < 1.29 is 5.11 Å². The van der Waals surface area contributed by atoms with Gasteiger partial charge in [0, 0.05) is 17.5 Å². The zero-order chi connectivity index (χ0) is 11.5. The van der Waals surface area contributed by atoms with Crippen LogP contribution in [0.2, 0.25) is 0 Å². The van der Waals surface area contributed by atoms with Crippen molar-refractivity contribution in [3.63, 3.8) is 0 Å². The molecular weight excluding hydrogens is 220 g/mol. The molecule has 1 fully saturated rings. The molecule has 0 radical (unpaired) electrons. The maximum absolute atomic E-state index is 9.89. The molecule has 1 aromatic rings. The number of nitrogens with one attached hydrogen (secondary N) is 1. The van der Waals surface area contributed by atoms with Gasteiger partial charge in [-0.3, -0.25) is 0 Å². The number of nitrogens with zero attached hydrogens (tertiary/aromatic N) is 1. The van der Waals surface area contributed by atoms with Crippen LogP contribution >= 0.6 is 11.3 Å². The van der Waals surface area contributed by atoms with Gasteiger partial charge in [0.1, 0.15) is 0 Å². The zero-order valence-corrected chi connectivity index (χ0v) is 10.8. The van der Waals surface area contributed by atoms with Crippen molar-refractivity contribution in [2.75, 3.05) is 0 Å². The molecule has 2 rings (SSSR count). The van der Waals surface area contributed by atoms with Gasteiger partial charge in [0.2, 0.25) is 0 Å². The minimum atomic E-state index is -0.184. The van der Waals surface area contributed by atoms with Crippen LogP contribution in [0, 0.1) is 6.92 Å². The number of aliphatic hydroxyl groups excluding tert-OH is 1. The smallest absolute Gasteiger partial charge is 0.0898 e. The fraction of sp³-hybridized carbons (Fsp3) is 0.750. The van der Waals surface area contributed by atoms with Crippen LogP contribution in [0.4, 0.5) is 0 Å². The van der Waals surface area contributed by atoms with Crippen LogP contribution in [0.25, 0.3) is 0 Å². The molecule has 1 aliphatic rings. The predicted molar refractivity (Wildman–Crippen MR) is 66.7 cm³/mol. The van der Waals surface area contributed by atoms with Gasteiger partial charge < -0.3 is 10.4 Å². The summed E-state index contributed by atoms with van der Waals surface area (Å²) >= 11 is 1.68. The Bertz CT molecular complexity index is 340. The normalized spacial score (nSPS) is 27.9. The number of hydrogen-bond donors (Lipinski definition) is 2. The molecule has 90 valence electrons. The lowest BCUT2D eigenvalue weighted by Gasteiger charge is -2.30. The highest BCUT2D eigenvalue weighted by molar-refractivity contribution is 7.09. The Labute approximate surface area is 101 Å². The Kier molecular flexibility index (Phi) is 3.95. The van der Waals surface area contributed by atoms with Gasteiger partial charge >= 0.3 is 0 Å². The lowest BCUT2D eigenvalue weighted by molar-refractivity contribution is 0.0857. The first-order valence-corrected chi connectivity index (χ1v) is 6.91. The molecule has 0 saturated heterocycles. The summed E-state index contributed by atoms with van der Waals surface area (Å²) in [4.78, 5) is 4.48. The molecule has 1 saturated carbocycles. The monoisotopic (exact) mass is 240 g/mol. The molecule has 0 aromatic carbocycles. The first kappa shape index (κ1) is 12.0. The molecule has 3 unspecified atom stereocenters. The van der Waals surface area contributed by atoms with Gasteiger partial charge in [-0.1, -0.05) is 12.8 Å². The maximum atomic E-state index is 9.89. The van der Waals surface area contributed by atoms with Crippen LogP contribution in [0.1, 0.15) is 49.4 Å². The highest BCUT2D eigenvalue weighted by atomic mass is 32.1. The second kappa shape index (κ2) is 5.25. The number of thiazole rings is 1. The maximum Gasteiger partial charge on any atom is 0.0898 e.